The van der Waals surface area contributed by atoms with Crippen molar-refractivity contribution in [3.05, 3.63) is 64.6 Å². The monoisotopic (exact) mass is 373 g/mol. The molecule has 1 unspecified atom stereocenters. The van der Waals surface area contributed by atoms with E-state index in [0.29, 0.717) is 5.69 Å². The van der Waals surface area contributed by atoms with E-state index in [1.165, 1.54) is 4.90 Å². The predicted octanol–water partition coefficient (Wildman–Crippen LogP) is 1.80. The average molecular weight is 374 g/mol. The molecule has 5 heteroatoms. The largest absolute Gasteiger partial charge is 0.323 e. The van der Waals surface area contributed by atoms with Gasteiger partial charge in [0.2, 0.25) is 5.91 Å². The molecule has 1 aliphatic heterocycles. The van der Waals surface area contributed by atoms with Crippen LogP contribution in [0.2, 0.25) is 0 Å². The molecular weight excluding hydrogens is 356 g/mol. The van der Waals surface area contributed by atoms with Gasteiger partial charge < -0.3 is 4.90 Å². The van der Waals surface area contributed by atoms with Crippen LogP contribution in [0.5, 0.6) is 0 Å². The number of halogens is 1. The molecule has 0 aromatic heterocycles. The van der Waals surface area contributed by atoms with Crippen LogP contribution in [0.25, 0.3) is 0 Å². The molecular formula is C18H18BrN2O2+. The number of hydrogen-bond acceptors (Lipinski definition) is 2. The van der Waals surface area contributed by atoms with Crippen molar-refractivity contribution in [2.45, 2.75) is 19.0 Å². The minimum absolute atomic E-state index is 0.124. The molecule has 1 saturated heterocycles. The van der Waals surface area contributed by atoms with Gasteiger partial charge in [0.15, 0.2) is 6.04 Å². The summed E-state index contributed by atoms with van der Waals surface area (Å²) in [6.07, 6.45) is 0.254. The van der Waals surface area contributed by atoms with Gasteiger partial charge in [0.05, 0.1) is 19.2 Å². The van der Waals surface area contributed by atoms with Crippen molar-refractivity contribution in [3.63, 3.8) is 0 Å². The highest BCUT2D eigenvalue weighted by molar-refractivity contribution is 9.10. The van der Waals surface area contributed by atoms with Gasteiger partial charge in [-0.3, -0.25) is 9.59 Å². The first-order valence-electron chi connectivity index (χ1n) is 7.55. The van der Waals surface area contributed by atoms with Gasteiger partial charge in [-0.05, 0) is 18.2 Å². The van der Waals surface area contributed by atoms with E-state index < -0.39 is 0 Å². The summed E-state index contributed by atoms with van der Waals surface area (Å²) in [6, 6.07) is 17.0. The van der Waals surface area contributed by atoms with E-state index in [1.807, 2.05) is 49.5 Å². The van der Waals surface area contributed by atoms with Crippen molar-refractivity contribution in [3.8, 4) is 0 Å². The Bertz CT molecular complexity index is 733. The van der Waals surface area contributed by atoms with Crippen LogP contribution < -0.4 is 9.80 Å². The fourth-order valence-electron chi connectivity index (χ4n) is 2.94. The quantitative estimate of drug-likeness (QED) is 0.830. The second kappa shape index (κ2) is 6.64. The summed E-state index contributed by atoms with van der Waals surface area (Å²) < 4.78 is 0.851. The highest BCUT2D eigenvalue weighted by Crippen LogP contribution is 2.24. The minimum atomic E-state index is -0.332. The third-order valence-corrected chi connectivity index (χ3v) is 4.63. The Morgan fingerprint density at radius 2 is 1.87 bits per heavy atom. The van der Waals surface area contributed by atoms with Crippen LogP contribution in [0.15, 0.2) is 59.1 Å². The van der Waals surface area contributed by atoms with Crippen molar-refractivity contribution < 1.29 is 14.5 Å². The molecule has 118 valence electrons. The number of rotatable bonds is 4. The normalized spacial score (nSPS) is 19.2. The van der Waals surface area contributed by atoms with E-state index in [0.717, 1.165) is 21.5 Å². The number of likely N-dealkylation sites (N-methyl/N-ethyl adjacent to an activating group) is 1. The SMILES string of the molecule is C[NH+](Cc1ccccc1)[C@H]1CC(=O)N(c2cccc(Br)c2)C1=O. The van der Waals surface area contributed by atoms with Crippen molar-refractivity contribution in [1.29, 1.82) is 0 Å². The second-order valence-electron chi connectivity index (χ2n) is 5.81. The van der Waals surface area contributed by atoms with Crippen LogP contribution in [0.1, 0.15) is 12.0 Å². The van der Waals surface area contributed by atoms with E-state index >= 15 is 0 Å². The summed E-state index contributed by atoms with van der Waals surface area (Å²) in [5.74, 6) is -0.257. The Kier molecular flexibility index (Phi) is 4.59. The van der Waals surface area contributed by atoms with Gasteiger partial charge in [0.1, 0.15) is 6.54 Å². The smallest absolute Gasteiger partial charge is 0.292 e. The third-order valence-electron chi connectivity index (χ3n) is 4.13. The molecule has 1 fully saturated rings. The van der Waals surface area contributed by atoms with Crippen molar-refractivity contribution in [2.75, 3.05) is 11.9 Å². The number of hydrogen-bond donors (Lipinski definition) is 1. The first kappa shape index (κ1) is 15.9. The molecule has 2 aromatic rings. The maximum Gasteiger partial charge on any atom is 0.292 e. The van der Waals surface area contributed by atoms with Gasteiger partial charge in [-0.25, -0.2) is 4.90 Å². The second-order valence-corrected chi connectivity index (χ2v) is 6.73. The summed E-state index contributed by atoms with van der Waals surface area (Å²) >= 11 is 3.38. The van der Waals surface area contributed by atoms with E-state index in [4.69, 9.17) is 0 Å². The average Bonchev–Trinajstić information content (AvgIpc) is 2.83. The number of benzene rings is 2. The zero-order valence-electron chi connectivity index (χ0n) is 12.8. The van der Waals surface area contributed by atoms with Gasteiger partial charge in [-0.15, -0.1) is 0 Å². The van der Waals surface area contributed by atoms with Crippen LogP contribution in [0, 0.1) is 0 Å². The number of amides is 2. The lowest BCUT2D eigenvalue weighted by molar-refractivity contribution is -0.908. The third kappa shape index (κ3) is 3.35. The maximum absolute atomic E-state index is 12.7. The lowest BCUT2D eigenvalue weighted by Gasteiger charge is -2.20. The molecule has 1 N–H and O–H groups in total. The van der Waals surface area contributed by atoms with E-state index in [2.05, 4.69) is 15.9 Å². The van der Waals surface area contributed by atoms with Crippen molar-refractivity contribution >= 4 is 33.4 Å². The van der Waals surface area contributed by atoms with E-state index in [1.54, 1.807) is 12.1 Å². The topological polar surface area (TPSA) is 41.8 Å². The molecule has 2 aromatic carbocycles. The highest BCUT2D eigenvalue weighted by atomic mass is 79.9. The Balaban J connectivity index is 1.78. The maximum atomic E-state index is 12.7. The number of carbonyl (C=O) groups excluding carboxylic acids is 2. The van der Waals surface area contributed by atoms with Crippen LogP contribution in [0.3, 0.4) is 0 Å². The fourth-order valence-corrected chi connectivity index (χ4v) is 3.33. The molecule has 2 amide bonds. The van der Waals surface area contributed by atoms with Gasteiger partial charge in [0, 0.05) is 10.0 Å². The summed E-state index contributed by atoms with van der Waals surface area (Å²) in [5, 5.41) is 0. The molecule has 4 nitrogen and oxygen atoms in total. The van der Waals surface area contributed by atoms with Crippen LogP contribution >= 0.6 is 15.9 Å². The Morgan fingerprint density at radius 1 is 1.13 bits per heavy atom. The molecule has 0 saturated carbocycles. The Morgan fingerprint density at radius 3 is 2.57 bits per heavy atom. The van der Waals surface area contributed by atoms with E-state index in [9.17, 15) is 9.59 Å². The van der Waals surface area contributed by atoms with Crippen LogP contribution in [0.4, 0.5) is 5.69 Å². The fraction of sp³-hybridized carbons (Fsp3) is 0.222. The standard InChI is InChI=1S/C18H17BrN2O2/c1-20(12-13-6-3-2-4-7-13)16-11-17(22)21(18(16)23)15-9-5-8-14(19)10-15/h2-10,16H,11-12H2,1H3/p+1/t16-/m0/s1. The lowest BCUT2D eigenvalue weighted by atomic mass is 10.1. The molecule has 2 atom stereocenters. The van der Waals surface area contributed by atoms with Crippen molar-refractivity contribution in [2.24, 2.45) is 0 Å². The number of imide groups is 1. The molecule has 3 rings (SSSR count). The van der Waals surface area contributed by atoms with Crippen LogP contribution in [-0.4, -0.2) is 24.9 Å². The summed E-state index contributed by atoms with van der Waals surface area (Å²) in [4.78, 5) is 27.4. The van der Waals surface area contributed by atoms with Crippen LogP contribution in [-0.2, 0) is 16.1 Å². The van der Waals surface area contributed by atoms with Gasteiger partial charge in [-0.1, -0.05) is 52.3 Å². The number of quaternary nitrogens is 1. The highest BCUT2D eigenvalue weighted by Gasteiger charge is 2.44. The number of nitrogens with one attached hydrogen (secondary N) is 1. The zero-order chi connectivity index (χ0) is 16.4. The van der Waals surface area contributed by atoms with Gasteiger partial charge in [-0.2, -0.15) is 0 Å². The van der Waals surface area contributed by atoms with Gasteiger partial charge in [0.25, 0.3) is 5.91 Å². The zero-order valence-corrected chi connectivity index (χ0v) is 14.4. The molecule has 0 radical (unpaired) electrons. The van der Waals surface area contributed by atoms with E-state index in [-0.39, 0.29) is 24.3 Å². The lowest BCUT2D eigenvalue weighted by Crippen LogP contribution is -3.12. The number of anilines is 1. The molecule has 0 spiro atoms. The molecule has 1 heterocycles. The predicted molar refractivity (Wildman–Crippen MR) is 92.1 cm³/mol. The molecule has 23 heavy (non-hydrogen) atoms. The first-order chi connectivity index (χ1) is 11.1. The molecule has 0 aliphatic carbocycles. The first-order valence-corrected chi connectivity index (χ1v) is 8.34. The number of nitrogens with zero attached hydrogens (tertiary/aromatic N) is 1. The summed E-state index contributed by atoms with van der Waals surface area (Å²) in [7, 11) is 1.97. The minimum Gasteiger partial charge on any atom is -0.323 e. The molecule has 1 aliphatic rings. The Labute approximate surface area is 143 Å². The molecule has 0 bridgehead atoms. The summed E-state index contributed by atoms with van der Waals surface area (Å²) in [6.45, 7) is 0.719. The van der Waals surface area contributed by atoms with Gasteiger partial charge >= 0.3 is 0 Å². The Hall–Kier alpha value is -1.98. The number of carbonyl (C=O) groups is 2. The van der Waals surface area contributed by atoms with Crippen molar-refractivity contribution in [1.82, 2.24) is 0 Å². The summed E-state index contributed by atoms with van der Waals surface area (Å²) in [5.41, 5.74) is 1.79.